The van der Waals surface area contributed by atoms with Crippen molar-refractivity contribution < 1.29 is 24.0 Å². The van der Waals surface area contributed by atoms with Crippen LogP contribution in [0.1, 0.15) is 87.0 Å². The summed E-state index contributed by atoms with van der Waals surface area (Å²) in [5.41, 5.74) is 10.4. The van der Waals surface area contributed by atoms with E-state index in [1.807, 2.05) is 47.8 Å². The van der Waals surface area contributed by atoms with E-state index in [0.29, 0.717) is 44.4 Å². The quantitative estimate of drug-likeness (QED) is 0.169. The van der Waals surface area contributed by atoms with Gasteiger partial charge in [-0.05, 0) is 62.4 Å². The molecule has 1 fully saturated rings. The highest BCUT2D eigenvalue weighted by atomic mass is 32.2. The molecule has 5 amide bonds. The van der Waals surface area contributed by atoms with E-state index in [-0.39, 0.29) is 29.6 Å². The topological polar surface area (TPSA) is 177 Å². The van der Waals surface area contributed by atoms with Gasteiger partial charge in [0.05, 0.1) is 6.04 Å². The van der Waals surface area contributed by atoms with Crippen LogP contribution in [0.25, 0.3) is 0 Å². The molecule has 0 aliphatic carbocycles. The molecule has 0 aromatic rings. The molecule has 7 N–H and O–H groups in total. The number of likely N-dealkylation sites (tertiary alicyclic amines) is 1. The molecule has 7 atom stereocenters. The van der Waals surface area contributed by atoms with Gasteiger partial charge < -0.3 is 32.3 Å². The molecule has 0 radical (unpaired) electrons. The van der Waals surface area contributed by atoms with E-state index in [2.05, 4.69) is 16.0 Å². The van der Waals surface area contributed by atoms with Gasteiger partial charge in [0.15, 0.2) is 0 Å². The number of amides is 5. The zero-order valence-electron chi connectivity index (χ0n) is 26.2. The lowest BCUT2D eigenvalue weighted by Crippen LogP contribution is -2.64. The predicted molar refractivity (Wildman–Crippen MR) is 164 cm³/mol. The largest absolute Gasteiger partial charge is 0.368 e. The van der Waals surface area contributed by atoms with Gasteiger partial charge in [-0.1, -0.05) is 54.4 Å². The SMILES string of the molecule is CC[C@H](C)[C@H](N)C(=O)N[C@H](C(=O)N1CCC[C@@]1(C)C(=O)N[C@@H](CC(C)C)C(=O)N[C@@H](CCSC)C(N)=O)[C@@H](C)CC. The Hall–Kier alpha value is -2.34. The second-order valence-corrected chi connectivity index (χ2v) is 13.0. The zero-order chi connectivity index (χ0) is 31.5. The van der Waals surface area contributed by atoms with Crippen LogP contribution in [0.4, 0.5) is 0 Å². The lowest BCUT2D eigenvalue weighted by molar-refractivity contribution is -0.148. The van der Waals surface area contributed by atoms with Crippen molar-refractivity contribution in [3.63, 3.8) is 0 Å². The fourth-order valence-corrected chi connectivity index (χ4v) is 5.45. The monoisotopic (exact) mass is 598 g/mol. The number of nitrogens with zero attached hydrogens (tertiary/aromatic N) is 1. The van der Waals surface area contributed by atoms with Crippen LogP contribution in [-0.4, -0.2) is 82.7 Å². The number of hydrogen-bond acceptors (Lipinski definition) is 7. The number of carbonyl (C=O) groups is 5. The van der Waals surface area contributed by atoms with Gasteiger partial charge in [0, 0.05) is 6.54 Å². The van der Waals surface area contributed by atoms with E-state index in [9.17, 15) is 24.0 Å². The summed E-state index contributed by atoms with van der Waals surface area (Å²) in [5, 5.41) is 8.45. The summed E-state index contributed by atoms with van der Waals surface area (Å²) in [6.45, 7) is 13.6. The molecule has 1 heterocycles. The maximum Gasteiger partial charge on any atom is 0.246 e. The minimum absolute atomic E-state index is 0.0514. The first-order valence-corrected chi connectivity index (χ1v) is 16.3. The molecule has 0 aromatic heterocycles. The molecule has 1 rings (SSSR count). The Morgan fingerprint density at radius 2 is 1.54 bits per heavy atom. The van der Waals surface area contributed by atoms with Gasteiger partial charge in [-0.2, -0.15) is 11.8 Å². The van der Waals surface area contributed by atoms with Crippen molar-refractivity contribution in [3.05, 3.63) is 0 Å². The fourth-order valence-electron chi connectivity index (χ4n) is 4.98. The summed E-state index contributed by atoms with van der Waals surface area (Å²) < 4.78 is 0. The average Bonchev–Trinajstić information content (AvgIpc) is 3.33. The molecule has 0 spiro atoms. The Balaban J connectivity index is 3.20. The number of thioether (sulfide) groups is 1. The molecule has 0 unspecified atom stereocenters. The second kappa shape index (κ2) is 16.9. The minimum Gasteiger partial charge on any atom is -0.368 e. The standard InChI is InChI=1S/C29H54N6O5S/c1-9-18(5)22(30)26(38)34-23(19(6)10-2)27(39)35-14-11-13-29(35,7)28(40)33-21(16-17(3)4)25(37)32-20(24(31)36)12-15-41-8/h17-23H,9-16,30H2,1-8H3,(H2,31,36)(H,32,37)(H,33,40)(H,34,38)/t18-,19-,20-,21-,22-,23-,29-/m0/s1. The molecule has 0 saturated carbocycles. The Kier molecular flexibility index (Phi) is 15.2. The van der Waals surface area contributed by atoms with Crippen molar-refractivity contribution in [3.8, 4) is 0 Å². The molecule has 1 aliphatic rings. The van der Waals surface area contributed by atoms with Gasteiger partial charge in [0.2, 0.25) is 29.5 Å². The minimum atomic E-state index is -1.22. The Morgan fingerprint density at radius 3 is 2.05 bits per heavy atom. The highest BCUT2D eigenvalue weighted by Crippen LogP contribution is 2.31. The highest BCUT2D eigenvalue weighted by molar-refractivity contribution is 7.98. The first-order chi connectivity index (χ1) is 19.1. The van der Waals surface area contributed by atoms with Crippen LogP contribution in [-0.2, 0) is 24.0 Å². The molecule has 0 bridgehead atoms. The van der Waals surface area contributed by atoms with E-state index in [1.165, 1.54) is 16.7 Å². The molecule has 11 nitrogen and oxygen atoms in total. The van der Waals surface area contributed by atoms with Crippen LogP contribution in [0.15, 0.2) is 0 Å². The van der Waals surface area contributed by atoms with Crippen molar-refractivity contribution >= 4 is 41.3 Å². The molecule has 1 aliphatic heterocycles. The van der Waals surface area contributed by atoms with Crippen molar-refractivity contribution in [2.24, 2.45) is 29.2 Å². The van der Waals surface area contributed by atoms with Gasteiger partial charge in [0.25, 0.3) is 0 Å². The average molecular weight is 599 g/mol. The molecule has 12 heteroatoms. The van der Waals surface area contributed by atoms with Crippen molar-refractivity contribution in [2.45, 2.75) is 117 Å². The summed E-state index contributed by atoms with van der Waals surface area (Å²) >= 11 is 1.54. The van der Waals surface area contributed by atoms with Gasteiger partial charge in [-0.25, -0.2) is 0 Å². The summed E-state index contributed by atoms with van der Waals surface area (Å²) in [6.07, 6.45) is 5.00. The van der Waals surface area contributed by atoms with Crippen molar-refractivity contribution in [1.29, 1.82) is 0 Å². The van der Waals surface area contributed by atoms with Crippen LogP contribution in [0.2, 0.25) is 0 Å². The summed E-state index contributed by atoms with van der Waals surface area (Å²) in [7, 11) is 0. The Bertz CT molecular complexity index is 918. The molecule has 0 aromatic carbocycles. The number of nitrogens with one attached hydrogen (secondary N) is 3. The third-order valence-electron chi connectivity index (χ3n) is 8.33. The van der Waals surface area contributed by atoms with E-state index >= 15 is 0 Å². The molecular formula is C29H54N6O5S. The summed E-state index contributed by atoms with van der Waals surface area (Å²) in [6, 6.07) is -3.34. The smallest absolute Gasteiger partial charge is 0.246 e. The fraction of sp³-hybridized carbons (Fsp3) is 0.828. The summed E-state index contributed by atoms with van der Waals surface area (Å²) in [5.74, 6) is -1.82. The number of hydrogen-bond donors (Lipinski definition) is 5. The van der Waals surface area contributed by atoms with Crippen LogP contribution >= 0.6 is 11.8 Å². The zero-order valence-corrected chi connectivity index (χ0v) is 27.1. The number of nitrogens with two attached hydrogens (primary N) is 2. The van der Waals surface area contributed by atoms with Gasteiger partial charge in [-0.3, -0.25) is 24.0 Å². The molecule has 41 heavy (non-hydrogen) atoms. The number of carbonyl (C=O) groups excluding carboxylic acids is 5. The van der Waals surface area contributed by atoms with Gasteiger partial charge in [0.1, 0.15) is 23.7 Å². The molecule has 236 valence electrons. The Labute approximate surface area is 250 Å². The third-order valence-corrected chi connectivity index (χ3v) is 8.98. The van der Waals surface area contributed by atoms with Gasteiger partial charge >= 0.3 is 0 Å². The van der Waals surface area contributed by atoms with Crippen LogP contribution < -0.4 is 27.4 Å². The number of rotatable bonds is 17. The lowest BCUT2D eigenvalue weighted by atomic mass is 9.92. The van der Waals surface area contributed by atoms with Crippen LogP contribution in [0.5, 0.6) is 0 Å². The Morgan fingerprint density at radius 1 is 0.927 bits per heavy atom. The predicted octanol–water partition coefficient (Wildman–Crippen LogP) is 1.53. The van der Waals surface area contributed by atoms with E-state index in [4.69, 9.17) is 11.5 Å². The highest BCUT2D eigenvalue weighted by Gasteiger charge is 2.49. The summed E-state index contributed by atoms with van der Waals surface area (Å²) in [4.78, 5) is 67.4. The van der Waals surface area contributed by atoms with Gasteiger partial charge in [-0.15, -0.1) is 0 Å². The molecular weight excluding hydrogens is 544 g/mol. The van der Waals surface area contributed by atoms with Crippen LogP contribution in [0, 0.1) is 17.8 Å². The van der Waals surface area contributed by atoms with Crippen molar-refractivity contribution in [2.75, 3.05) is 18.6 Å². The maximum atomic E-state index is 13.9. The maximum absolute atomic E-state index is 13.9. The third kappa shape index (κ3) is 10.2. The first kappa shape index (κ1) is 36.7. The number of primary amides is 1. The lowest BCUT2D eigenvalue weighted by Gasteiger charge is -2.38. The molecule has 1 saturated heterocycles. The van der Waals surface area contributed by atoms with E-state index in [1.54, 1.807) is 6.92 Å². The van der Waals surface area contributed by atoms with E-state index < -0.39 is 47.4 Å². The van der Waals surface area contributed by atoms with E-state index in [0.717, 1.165) is 6.42 Å². The van der Waals surface area contributed by atoms with Crippen LogP contribution in [0.3, 0.4) is 0 Å². The first-order valence-electron chi connectivity index (χ1n) is 14.9. The van der Waals surface area contributed by atoms with Crippen molar-refractivity contribution in [1.82, 2.24) is 20.9 Å². The normalized spacial score (nSPS) is 21.4. The second-order valence-electron chi connectivity index (χ2n) is 12.1.